The van der Waals surface area contributed by atoms with Crippen molar-refractivity contribution in [2.45, 2.75) is 50.6 Å². The van der Waals surface area contributed by atoms with E-state index in [1.165, 1.54) is 60.8 Å². The second-order valence-corrected chi connectivity index (χ2v) is 13.3. The Balaban J connectivity index is 0.000000755. The molecule has 0 aromatic heterocycles. The van der Waals surface area contributed by atoms with Gasteiger partial charge < -0.3 is 9.80 Å². The molecule has 2 atom stereocenters. The quantitative estimate of drug-likeness (QED) is 0.359. The van der Waals surface area contributed by atoms with E-state index >= 15 is 0 Å². The van der Waals surface area contributed by atoms with Gasteiger partial charge in [0.05, 0.1) is 0 Å². The molecular formula is C24H32Br2N2Ni+2. The normalized spacial score (nSPS) is 26.1. The van der Waals surface area contributed by atoms with Crippen LogP contribution in [0.3, 0.4) is 0 Å². The van der Waals surface area contributed by atoms with Crippen LogP contribution < -0.4 is 9.80 Å². The Morgan fingerprint density at radius 3 is 1.45 bits per heavy atom. The van der Waals surface area contributed by atoms with Crippen molar-refractivity contribution in [2.24, 2.45) is 11.8 Å². The zero-order valence-electron chi connectivity index (χ0n) is 17.3. The molecule has 2 nitrogen and oxygen atoms in total. The van der Waals surface area contributed by atoms with Crippen molar-refractivity contribution >= 4 is 39.8 Å². The van der Waals surface area contributed by atoms with E-state index in [4.69, 9.17) is 0 Å². The van der Waals surface area contributed by atoms with Gasteiger partial charge in [0.15, 0.2) is 0 Å². The number of anilines is 2. The molecule has 2 fully saturated rings. The molecule has 0 aliphatic heterocycles. The Hall–Kier alpha value is -0.506. The molecule has 2 saturated carbocycles. The summed E-state index contributed by atoms with van der Waals surface area (Å²) in [7, 11) is 5.88. The number of para-hydroxylation sites is 2. The first-order chi connectivity index (χ1) is 14.2. The van der Waals surface area contributed by atoms with Crippen LogP contribution in [0, 0.1) is 11.8 Å². The van der Waals surface area contributed by atoms with E-state index < -0.39 is 0 Å². The summed E-state index contributed by atoms with van der Waals surface area (Å²) in [4.78, 5) is 5.15. The van der Waals surface area contributed by atoms with Gasteiger partial charge in [0.25, 0.3) is 0 Å². The molecule has 160 valence electrons. The Morgan fingerprint density at radius 2 is 1.07 bits per heavy atom. The summed E-state index contributed by atoms with van der Waals surface area (Å²) < 4.78 is 0. The molecule has 2 unspecified atom stereocenters. The Bertz CT molecular complexity index is 656. The van der Waals surface area contributed by atoms with Crippen LogP contribution in [0.25, 0.3) is 0 Å². The first-order valence-electron chi connectivity index (χ1n) is 10.6. The molecule has 0 heterocycles. The van der Waals surface area contributed by atoms with E-state index in [1.54, 1.807) is 0 Å². The molecule has 0 spiro atoms. The number of benzene rings is 2. The van der Waals surface area contributed by atoms with Gasteiger partial charge in [-0.2, -0.15) is 0 Å². The average molecular weight is 567 g/mol. The number of rotatable bonds is 4. The summed E-state index contributed by atoms with van der Waals surface area (Å²) in [6, 6.07) is 23.3. The molecule has 4 rings (SSSR count). The van der Waals surface area contributed by atoms with Gasteiger partial charge in [0.1, 0.15) is 0 Å². The summed E-state index contributed by atoms with van der Waals surface area (Å²) >= 11 is 6.00. The molecule has 0 saturated heterocycles. The van der Waals surface area contributed by atoms with Crippen molar-refractivity contribution < 1.29 is 10.9 Å². The zero-order chi connectivity index (χ0) is 20.6. The third-order valence-corrected chi connectivity index (χ3v) is 6.90. The van der Waals surface area contributed by atoms with Crippen LogP contribution in [0.5, 0.6) is 0 Å². The molecule has 5 heteroatoms. The molecule has 2 aliphatic carbocycles. The van der Waals surface area contributed by atoms with Crippen LogP contribution in [-0.4, -0.2) is 26.2 Å². The molecule has 2 aromatic rings. The van der Waals surface area contributed by atoms with Crippen LogP contribution >= 0.6 is 28.5 Å². The molecule has 2 aliphatic rings. The maximum absolute atomic E-state index is 3.00. The minimum absolute atomic E-state index is 0.646. The van der Waals surface area contributed by atoms with Crippen molar-refractivity contribution in [3.8, 4) is 0 Å². The first kappa shape index (κ1) is 23.2. The summed E-state index contributed by atoms with van der Waals surface area (Å²) in [5.74, 6) is 1.64. The molecule has 29 heavy (non-hydrogen) atoms. The molecule has 0 radical (unpaired) electrons. The van der Waals surface area contributed by atoms with Crippen molar-refractivity contribution in [3.05, 3.63) is 60.7 Å². The van der Waals surface area contributed by atoms with E-state index in [9.17, 15) is 0 Å². The van der Waals surface area contributed by atoms with Crippen molar-refractivity contribution in [1.29, 1.82) is 0 Å². The number of hydrogen-bond acceptors (Lipinski definition) is 2. The monoisotopic (exact) mass is 564 g/mol. The summed E-state index contributed by atoms with van der Waals surface area (Å²) in [6.07, 6.45) is 8.25. The van der Waals surface area contributed by atoms with Crippen molar-refractivity contribution in [2.75, 3.05) is 23.9 Å². The van der Waals surface area contributed by atoms with E-state index in [1.807, 2.05) is 0 Å². The molecular weight excluding hydrogens is 535 g/mol. The Kier molecular flexibility index (Phi) is 9.40. The topological polar surface area (TPSA) is 6.48 Å². The third-order valence-electron chi connectivity index (χ3n) is 6.90. The van der Waals surface area contributed by atoms with Gasteiger partial charge in [-0.1, -0.05) is 49.2 Å². The molecule has 2 aromatic carbocycles. The summed E-state index contributed by atoms with van der Waals surface area (Å²) in [6.45, 7) is 0. The van der Waals surface area contributed by atoms with Gasteiger partial charge in [-0.15, -0.1) is 0 Å². The standard InChI is InChI=1S/C24H32N2.2BrH.Ni/c1-25(20-13-5-3-6-14-20)22-17-9-11-19-12-10-18-23(24(19)22)26(2)21-15-7-4-8-16-21;;;/h3-8,13-16,19,22-24H,9-12,17-18H2,1-2H3;2*1H;/q;;;+4/p-2. The number of fused-ring (bicyclic) bond motifs is 1. The zero-order valence-corrected chi connectivity index (χ0v) is 21.5. The number of nitrogens with zero attached hydrogens (tertiary/aromatic N) is 2. The van der Waals surface area contributed by atoms with E-state index in [0.717, 1.165) is 11.8 Å². The molecule has 0 amide bonds. The summed E-state index contributed by atoms with van der Waals surface area (Å²) in [5.41, 5.74) is 2.73. The van der Waals surface area contributed by atoms with Crippen molar-refractivity contribution in [1.82, 2.24) is 0 Å². The second kappa shape index (κ2) is 11.8. The Morgan fingerprint density at radius 1 is 0.690 bits per heavy atom. The van der Waals surface area contributed by atoms with Gasteiger partial charge in [0.2, 0.25) is 0 Å². The van der Waals surface area contributed by atoms with Crippen LogP contribution in [0.1, 0.15) is 38.5 Å². The van der Waals surface area contributed by atoms with Crippen molar-refractivity contribution in [3.63, 3.8) is 0 Å². The number of halogens is 2. The predicted molar refractivity (Wildman–Crippen MR) is 130 cm³/mol. The van der Waals surface area contributed by atoms with E-state index in [0.29, 0.717) is 12.1 Å². The predicted octanol–water partition coefficient (Wildman–Crippen LogP) is 7.29. The fourth-order valence-corrected chi connectivity index (χ4v) is 5.59. The minimum atomic E-state index is 0.646. The van der Waals surface area contributed by atoms with E-state index in [2.05, 4.69) is 113 Å². The van der Waals surface area contributed by atoms with Gasteiger partial charge >= 0.3 is 39.3 Å². The summed E-state index contributed by atoms with van der Waals surface area (Å²) in [5, 5.41) is 0. The maximum atomic E-state index is 3.00. The fourth-order valence-electron chi connectivity index (χ4n) is 5.59. The van der Waals surface area contributed by atoms with E-state index in [-0.39, 0.29) is 0 Å². The van der Waals surface area contributed by atoms with Crippen LogP contribution in [-0.2, 0) is 10.9 Å². The van der Waals surface area contributed by atoms with Gasteiger partial charge in [-0.25, -0.2) is 0 Å². The fraction of sp³-hybridized carbons (Fsp3) is 0.500. The van der Waals surface area contributed by atoms with Gasteiger partial charge in [-0.05, 0) is 55.9 Å². The van der Waals surface area contributed by atoms with Gasteiger partial charge in [0, 0.05) is 43.5 Å². The molecule has 0 bridgehead atoms. The second-order valence-electron chi connectivity index (χ2n) is 8.27. The number of hydrogen-bond donors (Lipinski definition) is 0. The van der Waals surface area contributed by atoms with Crippen LogP contribution in [0.2, 0.25) is 0 Å². The molecule has 0 N–H and O–H groups in total. The van der Waals surface area contributed by atoms with Crippen LogP contribution in [0.4, 0.5) is 11.4 Å². The SMILES string of the molecule is CN(c1ccccc1)C1CCCC2CCCC(N(C)c3ccccc3)C21.[Br][Ni+2][Br]. The van der Waals surface area contributed by atoms with Crippen LogP contribution in [0.15, 0.2) is 60.7 Å². The third kappa shape index (κ3) is 5.80. The van der Waals surface area contributed by atoms with Gasteiger partial charge in [-0.3, -0.25) is 0 Å². The average Bonchev–Trinajstić information content (AvgIpc) is 2.79. The Labute approximate surface area is 196 Å². The first-order valence-corrected chi connectivity index (χ1v) is 15.4.